The molecular weight excluding hydrogens is 243 g/mol. The van der Waals surface area contributed by atoms with Gasteiger partial charge >= 0.3 is 35.6 Å². The third-order valence-electron chi connectivity index (χ3n) is 4.59. The van der Waals surface area contributed by atoms with Crippen LogP contribution in [0.15, 0.2) is 0 Å². The van der Waals surface area contributed by atoms with Crippen LogP contribution >= 0.6 is 0 Å². The van der Waals surface area contributed by atoms with Crippen molar-refractivity contribution in [1.29, 1.82) is 0 Å². The zero-order valence-electron chi connectivity index (χ0n) is 11.4. The molecule has 0 aromatic heterocycles. The number of rotatable bonds is 1. The molecule has 94 valence electrons. The van der Waals surface area contributed by atoms with Gasteiger partial charge in [-0.15, -0.1) is 0 Å². The Morgan fingerprint density at radius 1 is 1.17 bits per heavy atom. The summed E-state index contributed by atoms with van der Waals surface area (Å²) in [5, 5.41) is 4.48. The van der Waals surface area contributed by atoms with Gasteiger partial charge in [0.25, 0.3) is 0 Å². The van der Waals surface area contributed by atoms with Gasteiger partial charge < -0.3 is 0 Å². The van der Waals surface area contributed by atoms with Crippen molar-refractivity contribution in [3.8, 4) is 0 Å². The van der Waals surface area contributed by atoms with Crippen molar-refractivity contribution in [2.45, 2.75) is 33.6 Å². The molecule has 4 amide bonds. The molecule has 2 N–H and O–H groups in total. The molecule has 2 fully saturated rings. The standard InChI is InChI=1S/C12H18N2O3.Na/c1-4-8-5-6(2)12(7(8)3)9(15)13-11(17)14-10(12)16;/h6-8H,4-5H2,1-3H3,(H2,13,14,15,16,17);/q;+1. The number of carbonyl (C=O) groups excluding carboxylic acids is 3. The molecule has 1 aliphatic carbocycles. The van der Waals surface area contributed by atoms with Crippen LogP contribution in [0.5, 0.6) is 0 Å². The normalized spacial score (nSPS) is 33.9. The first-order valence-corrected chi connectivity index (χ1v) is 6.11. The number of urea groups is 1. The van der Waals surface area contributed by atoms with Crippen molar-refractivity contribution >= 4 is 17.8 Å². The maximum absolute atomic E-state index is 12.1. The molecule has 5 nitrogen and oxygen atoms in total. The fourth-order valence-electron chi connectivity index (χ4n) is 3.59. The van der Waals surface area contributed by atoms with E-state index in [1.807, 2.05) is 13.8 Å². The van der Waals surface area contributed by atoms with Crippen LogP contribution in [0.1, 0.15) is 33.6 Å². The van der Waals surface area contributed by atoms with Crippen LogP contribution in [0.25, 0.3) is 0 Å². The van der Waals surface area contributed by atoms with E-state index in [0.717, 1.165) is 12.8 Å². The van der Waals surface area contributed by atoms with E-state index in [9.17, 15) is 14.4 Å². The minimum atomic E-state index is -1.06. The Morgan fingerprint density at radius 3 is 2.06 bits per heavy atom. The fourth-order valence-corrected chi connectivity index (χ4v) is 3.59. The van der Waals surface area contributed by atoms with Gasteiger partial charge in [0, 0.05) is 0 Å². The van der Waals surface area contributed by atoms with Crippen LogP contribution in [0.2, 0.25) is 0 Å². The SMILES string of the molecule is CCC1CC(C)C2(C(=O)NC(=O)NC2=O)C1C.[Na+]. The van der Waals surface area contributed by atoms with E-state index in [-0.39, 0.29) is 41.4 Å². The average molecular weight is 261 g/mol. The molecule has 1 saturated carbocycles. The van der Waals surface area contributed by atoms with E-state index in [2.05, 4.69) is 17.6 Å². The monoisotopic (exact) mass is 261 g/mol. The van der Waals surface area contributed by atoms with Gasteiger partial charge in [0.05, 0.1) is 0 Å². The average Bonchev–Trinajstić information content (AvgIpc) is 2.49. The van der Waals surface area contributed by atoms with Crippen LogP contribution in [0.4, 0.5) is 4.79 Å². The maximum atomic E-state index is 12.1. The van der Waals surface area contributed by atoms with Crippen molar-refractivity contribution < 1.29 is 43.9 Å². The third-order valence-corrected chi connectivity index (χ3v) is 4.59. The second-order valence-electron chi connectivity index (χ2n) is 5.20. The maximum Gasteiger partial charge on any atom is 1.00 e. The molecule has 3 atom stereocenters. The number of nitrogens with one attached hydrogen (secondary N) is 2. The van der Waals surface area contributed by atoms with Crippen LogP contribution < -0.4 is 40.2 Å². The Kier molecular flexibility index (Phi) is 4.62. The number of hydrogen-bond acceptors (Lipinski definition) is 3. The van der Waals surface area contributed by atoms with Gasteiger partial charge in [-0.25, -0.2) is 4.79 Å². The van der Waals surface area contributed by atoms with Gasteiger partial charge in [-0.05, 0) is 24.2 Å². The summed E-state index contributed by atoms with van der Waals surface area (Å²) >= 11 is 0. The second kappa shape index (κ2) is 5.31. The van der Waals surface area contributed by atoms with E-state index in [4.69, 9.17) is 0 Å². The predicted molar refractivity (Wildman–Crippen MR) is 60.8 cm³/mol. The summed E-state index contributed by atoms with van der Waals surface area (Å²) in [7, 11) is 0. The topological polar surface area (TPSA) is 75.3 Å². The summed E-state index contributed by atoms with van der Waals surface area (Å²) < 4.78 is 0. The molecule has 0 radical (unpaired) electrons. The van der Waals surface area contributed by atoms with Gasteiger partial charge in [-0.1, -0.05) is 27.2 Å². The Bertz CT molecular complexity index is 377. The number of hydrogen-bond donors (Lipinski definition) is 2. The molecule has 3 unspecified atom stereocenters. The summed E-state index contributed by atoms with van der Waals surface area (Å²) in [6, 6.07) is -0.704. The van der Waals surface area contributed by atoms with Gasteiger partial charge in [-0.3, -0.25) is 20.2 Å². The van der Waals surface area contributed by atoms with Crippen LogP contribution in [0.3, 0.4) is 0 Å². The first kappa shape index (κ1) is 15.7. The number of barbiturate groups is 1. The van der Waals surface area contributed by atoms with E-state index < -0.39 is 23.3 Å². The summed E-state index contributed by atoms with van der Waals surface area (Å²) in [5.41, 5.74) is -1.06. The van der Waals surface area contributed by atoms with E-state index in [0.29, 0.717) is 5.92 Å². The molecule has 6 heteroatoms. The fraction of sp³-hybridized carbons (Fsp3) is 0.750. The number of carbonyl (C=O) groups is 3. The van der Waals surface area contributed by atoms with E-state index in [1.54, 1.807) is 0 Å². The van der Waals surface area contributed by atoms with Crippen molar-refractivity contribution in [2.75, 3.05) is 0 Å². The molecule has 0 bridgehead atoms. The molecule has 0 aromatic carbocycles. The summed E-state index contributed by atoms with van der Waals surface area (Å²) in [4.78, 5) is 35.4. The zero-order valence-corrected chi connectivity index (χ0v) is 13.4. The Balaban J connectivity index is 0.00000162. The first-order chi connectivity index (χ1) is 7.94. The van der Waals surface area contributed by atoms with Crippen molar-refractivity contribution in [2.24, 2.45) is 23.2 Å². The summed E-state index contributed by atoms with van der Waals surface area (Å²) in [6.45, 7) is 5.92. The molecule has 18 heavy (non-hydrogen) atoms. The van der Waals surface area contributed by atoms with Crippen molar-refractivity contribution in [3.63, 3.8) is 0 Å². The van der Waals surface area contributed by atoms with Gasteiger partial charge in [0.2, 0.25) is 11.8 Å². The van der Waals surface area contributed by atoms with Crippen LogP contribution in [0, 0.1) is 23.2 Å². The largest absolute Gasteiger partial charge is 1.00 e. The quantitative estimate of drug-likeness (QED) is 0.425. The number of imide groups is 2. The molecule has 1 aliphatic heterocycles. The van der Waals surface area contributed by atoms with Crippen molar-refractivity contribution in [1.82, 2.24) is 10.6 Å². The zero-order chi connectivity index (χ0) is 12.8. The summed E-state index contributed by atoms with van der Waals surface area (Å²) in [5.74, 6) is -0.565. The minimum Gasteiger partial charge on any atom is -0.277 e. The van der Waals surface area contributed by atoms with E-state index >= 15 is 0 Å². The predicted octanol–water partition coefficient (Wildman–Crippen LogP) is -1.96. The van der Waals surface area contributed by atoms with Gasteiger partial charge in [0.15, 0.2) is 0 Å². The Labute approximate surface area is 129 Å². The Hall–Kier alpha value is -0.390. The smallest absolute Gasteiger partial charge is 0.277 e. The third kappa shape index (κ3) is 1.92. The summed E-state index contributed by atoms with van der Waals surface area (Å²) in [6.07, 6.45) is 1.80. The Morgan fingerprint density at radius 2 is 1.67 bits per heavy atom. The molecule has 1 spiro atoms. The van der Waals surface area contributed by atoms with Crippen LogP contribution in [-0.4, -0.2) is 17.8 Å². The van der Waals surface area contributed by atoms with Crippen LogP contribution in [-0.2, 0) is 9.59 Å². The molecule has 2 aliphatic rings. The molecular formula is C12H18N2NaO3+. The van der Waals surface area contributed by atoms with E-state index in [1.165, 1.54) is 0 Å². The molecule has 0 aromatic rings. The molecule has 1 heterocycles. The first-order valence-electron chi connectivity index (χ1n) is 6.11. The second-order valence-corrected chi connectivity index (χ2v) is 5.20. The molecule has 2 rings (SSSR count). The van der Waals surface area contributed by atoms with Crippen molar-refractivity contribution in [3.05, 3.63) is 0 Å². The minimum absolute atomic E-state index is 0. The number of amides is 4. The van der Waals surface area contributed by atoms with Gasteiger partial charge in [-0.2, -0.15) is 0 Å². The van der Waals surface area contributed by atoms with Gasteiger partial charge in [0.1, 0.15) is 5.41 Å². The molecule has 1 saturated heterocycles.